The van der Waals surface area contributed by atoms with Crippen LogP contribution < -0.4 is 9.47 Å². The molecule has 0 atom stereocenters. The molecule has 2 rings (SSSR count). The van der Waals surface area contributed by atoms with Crippen LogP contribution in [0.2, 0.25) is 0 Å². The van der Waals surface area contributed by atoms with Crippen molar-refractivity contribution in [3.63, 3.8) is 0 Å². The molecule has 2 aromatic carbocycles. The van der Waals surface area contributed by atoms with Gasteiger partial charge in [-0.1, -0.05) is 25.5 Å². The van der Waals surface area contributed by atoms with Gasteiger partial charge in [-0.15, -0.1) is 0 Å². The van der Waals surface area contributed by atoms with E-state index < -0.39 is 0 Å². The monoisotopic (exact) mass is 312 g/mol. The largest absolute Gasteiger partial charge is 0.490 e. The predicted molar refractivity (Wildman–Crippen MR) is 92.5 cm³/mol. The lowest BCUT2D eigenvalue weighted by Gasteiger charge is -2.09. The van der Waals surface area contributed by atoms with Crippen LogP contribution in [-0.4, -0.2) is 19.0 Å². The first kappa shape index (κ1) is 17.1. The van der Waals surface area contributed by atoms with Gasteiger partial charge in [0.2, 0.25) is 0 Å². The molecule has 0 bridgehead atoms. The van der Waals surface area contributed by atoms with E-state index in [1.54, 1.807) is 31.2 Å². The van der Waals surface area contributed by atoms with Gasteiger partial charge in [-0.05, 0) is 61.7 Å². The SMILES string of the molecule is CCCCc1ccc(OCCOc2ccc(C(C)=O)cc2)cc1. The maximum absolute atomic E-state index is 11.2. The molecule has 122 valence electrons. The van der Waals surface area contributed by atoms with E-state index in [1.807, 2.05) is 12.1 Å². The molecule has 3 nitrogen and oxygen atoms in total. The lowest BCUT2D eigenvalue weighted by atomic mass is 10.1. The van der Waals surface area contributed by atoms with Crippen molar-refractivity contribution in [3.05, 3.63) is 59.7 Å². The molecule has 0 heterocycles. The number of unbranched alkanes of at least 4 members (excludes halogenated alkanes) is 1. The molecule has 0 fully saturated rings. The van der Waals surface area contributed by atoms with Crippen LogP contribution >= 0.6 is 0 Å². The summed E-state index contributed by atoms with van der Waals surface area (Å²) in [6.45, 7) is 4.71. The molecule has 0 amide bonds. The minimum Gasteiger partial charge on any atom is -0.490 e. The molecule has 0 aliphatic carbocycles. The first-order valence-electron chi connectivity index (χ1n) is 8.14. The van der Waals surface area contributed by atoms with Crippen molar-refractivity contribution in [2.45, 2.75) is 33.1 Å². The quantitative estimate of drug-likeness (QED) is 0.498. The van der Waals surface area contributed by atoms with Crippen LogP contribution in [0.4, 0.5) is 0 Å². The van der Waals surface area contributed by atoms with E-state index in [1.165, 1.54) is 18.4 Å². The van der Waals surface area contributed by atoms with Crippen LogP contribution in [0.25, 0.3) is 0 Å². The highest BCUT2D eigenvalue weighted by Gasteiger charge is 2.00. The summed E-state index contributed by atoms with van der Waals surface area (Å²) < 4.78 is 11.3. The van der Waals surface area contributed by atoms with Gasteiger partial charge in [0.05, 0.1) is 0 Å². The Morgan fingerprint density at radius 1 is 0.870 bits per heavy atom. The zero-order valence-electron chi connectivity index (χ0n) is 13.9. The fourth-order valence-corrected chi connectivity index (χ4v) is 2.24. The van der Waals surface area contributed by atoms with Crippen molar-refractivity contribution < 1.29 is 14.3 Å². The van der Waals surface area contributed by atoms with E-state index in [2.05, 4.69) is 19.1 Å². The van der Waals surface area contributed by atoms with Gasteiger partial charge in [0, 0.05) is 5.56 Å². The second-order valence-electron chi connectivity index (χ2n) is 5.52. The van der Waals surface area contributed by atoms with Crippen LogP contribution in [0.1, 0.15) is 42.6 Å². The molecule has 0 spiro atoms. The smallest absolute Gasteiger partial charge is 0.159 e. The number of ketones is 1. The third kappa shape index (κ3) is 5.78. The molecule has 0 aromatic heterocycles. The van der Waals surface area contributed by atoms with Crippen molar-refractivity contribution in [1.29, 1.82) is 0 Å². The highest BCUT2D eigenvalue weighted by molar-refractivity contribution is 5.94. The number of hydrogen-bond donors (Lipinski definition) is 0. The molecule has 0 radical (unpaired) electrons. The number of benzene rings is 2. The summed E-state index contributed by atoms with van der Waals surface area (Å²) in [5, 5.41) is 0. The summed E-state index contributed by atoms with van der Waals surface area (Å²) in [6, 6.07) is 15.4. The summed E-state index contributed by atoms with van der Waals surface area (Å²) in [5.74, 6) is 1.66. The summed E-state index contributed by atoms with van der Waals surface area (Å²) >= 11 is 0. The Morgan fingerprint density at radius 2 is 1.39 bits per heavy atom. The van der Waals surface area contributed by atoms with E-state index in [0.717, 1.165) is 17.9 Å². The van der Waals surface area contributed by atoms with Crippen molar-refractivity contribution >= 4 is 5.78 Å². The van der Waals surface area contributed by atoms with Crippen molar-refractivity contribution in [2.75, 3.05) is 13.2 Å². The Kier molecular flexibility index (Phi) is 6.67. The first-order valence-corrected chi connectivity index (χ1v) is 8.14. The zero-order chi connectivity index (χ0) is 16.5. The number of carbonyl (C=O) groups is 1. The number of hydrogen-bond acceptors (Lipinski definition) is 3. The molecule has 2 aromatic rings. The Bertz CT molecular complexity index is 600. The van der Waals surface area contributed by atoms with E-state index in [4.69, 9.17) is 9.47 Å². The van der Waals surface area contributed by atoms with E-state index in [-0.39, 0.29) is 5.78 Å². The van der Waals surface area contributed by atoms with Gasteiger partial charge in [0.15, 0.2) is 5.78 Å². The average molecular weight is 312 g/mol. The lowest BCUT2D eigenvalue weighted by molar-refractivity contribution is 0.101. The topological polar surface area (TPSA) is 35.5 Å². The standard InChI is InChI=1S/C20H24O3/c1-3-4-5-17-6-10-19(11-7-17)22-14-15-23-20-12-8-18(9-13-20)16(2)21/h6-13H,3-5,14-15H2,1-2H3. The van der Waals surface area contributed by atoms with Crippen LogP contribution in [0.3, 0.4) is 0 Å². The maximum atomic E-state index is 11.2. The van der Waals surface area contributed by atoms with Gasteiger partial charge in [0.25, 0.3) is 0 Å². The Morgan fingerprint density at radius 3 is 1.87 bits per heavy atom. The first-order chi connectivity index (χ1) is 11.2. The van der Waals surface area contributed by atoms with Gasteiger partial charge in [0.1, 0.15) is 24.7 Å². The summed E-state index contributed by atoms with van der Waals surface area (Å²) in [4.78, 5) is 11.2. The third-order valence-electron chi connectivity index (χ3n) is 3.62. The van der Waals surface area contributed by atoms with Crippen molar-refractivity contribution in [2.24, 2.45) is 0 Å². The van der Waals surface area contributed by atoms with Gasteiger partial charge < -0.3 is 9.47 Å². The minimum atomic E-state index is 0.0577. The van der Waals surface area contributed by atoms with E-state index >= 15 is 0 Å². The van der Waals surface area contributed by atoms with E-state index in [9.17, 15) is 4.79 Å². The molecule has 0 saturated carbocycles. The molecule has 0 aliphatic rings. The maximum Gasteiger partial charge on any atom is 0.159 e. The van der Waals surface area contributed by atoms with Crippen molar-refractivity contribution in [3.8, 4) is 11.5 Å². The molecule has 0 unspecified atom stereocenters. The van der Waals surface area contributed by atoms with Gasteiger partial charge in [-0.2, -0.15) is 0 Å². The summed E-state index contributed by atoms with van der Waals surface area (Å²) in [6.07, 6.45) is 3.55. The van der Waals surface area contributed by atoms with Crippen molar-refractivity contribution in [1.82, 2.24) is 0 Å². The van der Waals surface area contributed by atoms with Gasteiger partial charge >= 0.3 is 0 Å². The second kappa shape index (κ2) is 8.99. The fraction of sp³-hybridized carbons (Fsp3) is 0.350. The number of ether oxygens (including phenoxy) is 2. The third-order valence-corrected chi connectivity index (χ3v) is 3.62. The lowest BCUT2D eigenvalue weighted by Crippen LogP contribution is -2.09. The molecule has 23 heavy (non-hydrogen) atoms. The zero-order valence-corrected chi connectivity index (χ0v) is 13.9. The molecule has 0 aliphatic heterocycles. The Labute approximate surface area is 138 Å². The van der Waals surface area contributed by atoms with E-state index in [0.29, 0.717) is 18.8 Å². The number of carbonyl (C=O) groups excluding carboxylic acids is 1. The predicted octanol–water partition coefficient (Wildman–Crippen LogP) is 4.69. The Balaban J connectivity index is 1.71. The highest BCUT2D eigenvalue weighted by Crippen LogP contribution is 2.15. The molecule has 3 heteroatoms. The van der Waals surface area contributed by atoms with Gasteiger partial charge in [-0.25, -0.2) is 0 Å². The minimum absolute atomic E-state index is 0.0577. The van der Waals surface area contributed by atoms with Crippen LogP contribution in [0, 0.1) is 0 Å². The number of rotatable bonds is 9. The average Bonchev–Trinajstić information content (AvgIpc) is 2.58. The molecule has 0 N–H and O–H groups in total. The highest BCUT2D eigenvalue weighted by atomic mass is 16.5. The molecule has 0 saturated heterocycles. The summed E-state index contributed by atoms with van der Waals surface area (Å²) in [5.41, 5.74) is 2.04. The van der Waals surface area contributed by atoms with Crippen LogP contribution in [0.15, 0.2) is 48.5 Å². The van der Waals surface area contributed by atoms with Gasteiger partial charge in [-0.3, -0.25) is 4.79 Å². The molecular weight excluding hydrogens is 288 g/mol. The Hall–Kier alpha value is -2.29. The molecular formula is C20H24O3. The number of Topliss-reactive ketones (excluding diaryl/α,β-unsaturated/α-hetero) is 1. The fourth-order valence-electron chi connectivity index (χ4n) is 2.24. The second-order valence-corrected chi connectivity index (χ2v) is 5.52. The summed E-state index contributed by atoms with van der Waals surface area (Å²) in [7, 11) is 0. The normalized spacial score (nSPS) is 10.3. The van der Waals surface area contributed by atoms with Crippen LogP contribution in [0.5, 0.6) is 11.5 Å². The number of aryl methyl sites for hydroxylation is 1. The van der Waals surface area contributed by atoms with Crippen LogP contribution in [-0.2, 0) is 6.42 Å².